The Labute approximate surface area is 127 Å². The van der Waals surface area contributed by atoms with Crippen molar-refractivity contribution < 1.29 is 26.7 Å². The summed E-state index contributed by atoms with van der Waals surface area (Å²) in [5.41, 5.74) is -0.598. The summed E-state index contributed by atoms with van der Waals surface area (Å²) >= 11 is 0. The lowest BCUT2D eigenvalue weighted by Gasteiger charge is -2.29. The molecular weight excluding hydrogens is 321 g/mol. The van der Waals surface area contributed by atoms with Crippen molar-refractivity contribution in [2.24, 2.45) is 0 Å². The molecule has 0 spiro atoms. The molecule has 0 aliphatic rings. The molecule has 0 unspecified atom stereocenters. The van der Waals surface area contributed by atoms with Crippen molar-refractivity contribution in [1.82, 2.24) is 0 Å². The van der Waals surface area contributed by atoms with Crippen LogP contribution in [-0.4, -0.2) is 25.0 Å². The van der Waals surface area contributed by atoms with E-state index >= 15 is 0 Å². The molecule has 0 atom stereocenters. The second-order valence-electron chi connectivity index (χ2n) is 4.74. The third-order valence-corrected chi connectivity index (χ3v) is 5.71. The fraction of sp³-hybridized carbons (Fsp3) is 0.571. The van der Waals surface area contributed by atoms with E-state index in [1.807, 2.05) is 0 Å². The number of halogens is 4. The molecule has 0 aliphatic carbocycles. The molecule has 0 amide bonds. The number of hydrogen-bond donors (Lipinski definition) is 1. The van der Waals surface area contributed by atoms with Gasteiger partial charge < -0.3 is 5.32 Å². The van der Waals surface area contributed by atoms with E-state index in [2.05, 4.69) is 9.84 Å². The lowest BCUT2D eigenvalue weighted by Crippen LogP contribution is -2.40. The largest absolute Gasteiger partial charge is 0.429 e. The van der Waals surface area contributed by atoms with Crippen LogP contribution in [0.15, 0.2) is 24.3 Å². The molecule has 0 aliphatic heterocycles. The zero-order valence-corrected chi connectivity index (χ0v) is 13.6. The van der Waals surface area contributed by atoms with Gasteiger partial charge in [0.05, 0.1) is 0 Å². The third-order valence-electron chi connectivity index (χ3n) is 3.22. The van der Waals surface area contributed by atoms with Crippen LogP contribution in [0.3, 0.4) is 0 Å². The molecule has 8 heteroatoms. The van der Waals surface area contributed by atoms with Crippen molar-refractivity contribution in [3.63, 3.8) is 0 Å². The van der Waals surface area contributed by atoms with E-state index in [9.17, 15) is 22.1 Å². The Morgan fingerprint density at radius 3 is 2.23 bits per heavy atom. The number of nitrogens with one attached hydrogen (secondary N) is 1. The number of benzene rings is 1. The molecule has 0 fully saturated rings. The second kappa shape index (κ2) is 7.01. The van der Waals surface area contributed by atoms with E-state index in [0.717, 1.165) is 12.1 Å². The van der Waals surface area contributed by atoms with Crippen LogP contribution in [0, 0.1) is 0 Å². The first-order chi connectivity index (χ1) is 10.1. The minimum absolute atomic E-state index is 0.230. The first-order valence-electron chi connectivity index (χ1n) is 7.00. The van der Waals surface area contributed by atoms with Crippen LogP contribution in [0.5, 0.6) is 0 Å². The van der Waals surface area contributed by atoms with Crippen molar-refractivity contribution in [2.75, 3.05) is 24.2 Å². The Morgan fingerprint density at radius 2 is 1.73 bits per heavy atom. The van der Waals surface area contributed by atoms with Gasteiger partial charge in [-0.15, -0.1) is 0 Å². The Bertz CT molecular complexity index is 543. The Hall–Kier alpha value is -1.07. The van der Waals surface area contributed by atoms with Gasteiger partial charge in [0.2, 0.25) is 7.37 Å². The Morgan fingerprint density at radius 1 is 1.14 bits per heavy atom. The average Bonchev–Trinajstić information content (AvgIpc) is 2.47. The maximum atomic E-state index is 14.1. The van der Waals surface area contributed by atoms with E-state index < -0.39 is 25.0 Å². The van der Waals surface area contributed by atoms with Crippen LogP contribution >= 0.6 is 7.37 Å². The summed E-state index contributed by atoms with van der Waals surface area (Å²) in [7, 11) is -3.79. The van der Waals surface area contributed by atoms with E-state index in [4.69, 9.17) is 0 Å². The fourth-order valence-corrected chi connectivity index (χ4v) is 3.05. The first kappa shape index (κ1) is 19.0. The summed E-state index contributed by atoms with van der Waals surface area (Å²) in [6.07, 6.45) is -5.31. The van der Waals surface area contributed by atoms with E-state index in [-0.39, 0.29) is 12.3 Å². The predicted octanol–water partition coefficient (Wildman–Crippen LogP) is 5.14. The van der Waals surface area contributed by atoms with Crippen molar-refractivity contribution in [3.8, 4) is 0 Å². The standard InChI is InChI=1S/C14H20F4NO2P/c1-4-19-12-9-7-8-11(10-12)13(15,16)14(17,18)21-22(20,5-2)6-3/h7-10,19H,4-6H2,1-3H3. The van der Waals surface area contributed by atoms with Gasteiger partial charge in [-0.1, -0.05) is 26.0 Å². The maximum absolute atomic E-state index is 14.1. The lowest BCUT2D eigenvalue weighted by atomic mass is 10.1. The van der Waals surface area contributed by atoms with Crippen molar-refractivity contribution >= 4 is 13.1 Å². The van der Waals surface area contributed by atoms with Crippen molar-refractivity contribution in [3.05, 3.63) is 29.8 Å². The highest BCUT2D eigenvalue weighted by Crippen LogP contribution is 2.56. The van der Waals surface area contributed by atoms with Crippen LogP contribution in [-0.2, 0) is 15.0 Å². The third kappa shape index (κ3) is 4.02. The normalized spacial score (nSPS) is 13.2. The fourth-order valence-electron chi connectivity index (χ4n) is 1.82. The van der Waals surface area contributed by atoms with E-state index in [1.165, 1.54) is 26.0 Å². The highest BCUT2D eigenvalue weighted by atomic mass is 31.2. The molecule has 0 saturated carbocycles. The van der Waals surface area contributed by atoms with Crippen LogP contribution in [0.1, 0.15) is 26.3 Å². The van der Waals surface area contributed by atoms with Crippen LogP contribution in [0.25, 0.3) is 0 Å². The highest BCUT2D eigenvalue weighted by Gasteiger charge is 2.61. The molecule has 0 saturated heterocycles. The molecule has 1 aromatic rings. The molecule has 1 aromatic carbocycles. The summed E-state index contributed by atoms with van der Waals surface area (Å²) in [4.78, 5) is 0. The van der Waals surface area contributed by atoms with Crippen molar-refractivity contribution in [1.29, 1.82) is 0 Å². The molecule has 22 heavy (non-hydrogen) atoms. The summed E-state index contributed by atoms with van der Waals surface area (Å²) in [5, 5.41) is 2.77. The summed E-state index contributed by atoms with van der Waals surface area (Å²) in [5.74, 6) is -4.58. The smallest absolute Gasteiger partial charge is 0.385 e. The second-order valence-corrected chi connectivity index (χ2v) is 7.82. The molecule has 1 N–H and O–H groups in total. The predicted molar refractivity (Wildman–Crippen MR) is 79.2 cm³/mol. The molecule has 0 heterocycles. The van der Waals surface area contributed by atoms with Gasteiger partial charge in [-0.2, -0.15) is 17.6 Å². The molecule has 0 bridgehead atoms. The quantitative estimate of drug-likeness (QED) is 0.526. The van der Waals surface area contributed by atoms with Gasteiger partial charge in [0, 0.05) is 30.1 Å². The Kier molecular flexibility index (Phi) is 6.04. The molecule has 0 aromatic heterocycles. The molecular formula is C14H20F4NO2P. The lowest BCUT2D eigenvalue weighted by molar-refractivity contribution is -0.315. The van der Waals surface area contributed by atoms with Gasteiger partial charge in [0.1, 0.15) is 0 Å². The summed E-state index contributed by atoms with van der Waals surface area (Å²) in [6, 6.07) is 4.56. The van der Waals surface area contributed by atoms with Gasteiger partial charge in [-0.3, -0.25) is 9.09 Å². The molecule has 3 nitrogen and oxygen atoms in total. The van der Waals surface area contributed by atoms with E-state index in [1.54, 1.807) is 6.92 Å². The average molecular weight is 341 g/mol. The number of alkyl halides is 4. The SMILES string of the molecule is CCNc1cccc(C(F)(F)C(F)(F)OP(=O)(CC)CC)c1. The van der Waals surface area contributed by atoms with Gasteiger partial charge >= 0.3 is 12.0 Å². The monoisotopic (exact) mass is 341 g/mol. The summed E-state index contributed by atoms with van der Waals surface area (Å²) < 4.78 is 72.1. The maximum Gasteiger partial charge on any atom is 0.429 e. The number of anilines is 1. The number of hydrogen-bond acceptors (Lipinski definition) is 3. The van der Waals surface area contributed by atoms with Crippen LogP contribution in [0.2, 0.25) is 0 Å². The van der Waals surface area contributed by atoms with E-state index in [0.29, 0.717) is 12.2 Å². The molecule has 0 radical (unpaired) electrons. The highest BCUT2D eigenvalue weighted by molar-refractivity contribution is 7.58. The van der Waals surface area contributed by atoms with Crippen LogP contribution < -0.4 is 5.32 Å². The van der Waals surface area contributed by atoms with Crippen molar-refractivity contribution in [2.45, 2.75) is 32.8 Å². The minimum atomic E-state index is -4.85. The van der Waals surface area contributed by atoms with Gasteiger partial charge in [-0.05, 0) is 19.1 Å². The van der Waals surface area contributed by atoms with Gasteiger partial charge in [-0.25, -0.2) is 0 Å². The Balaban J connectivity index is 3.15. The zero-order chi connectivity index (χ0) is 17.0. The minimum Gasteiger partial charge on any atom is -0.385 e. The molecule has 1 rings (SSSR count). The molecule has 126 valence electrons. The topological polar surface area (TPSA) is 38.3 Å². The van der Waals surface area contributed by atoms with Gasteiger partial charge in [0.25, 0.3) is 0 Å². The number of rotatable bonds is 8. The summed E-state index contributed by atoms with van der Waals surface area (Å²) in [6.45, 7) is 4.94. The van der Waals surface area contributed by atoms with Crippen LogP contribution in [0.4, 0.5) is 23.2 Å². The zero-order valence-electron chi connectivity index (χ0n) is 12.7. The first-order valence-corrected chi connectivity index (χ1v) is 9.00. The van der Waals surface area contributed by atoms with Gasteiger partial charge in [0.15, 0.2) is 0 Å².